The van der Waals surface area contributed by atoms with Crippen LogP contribution in [0.1, 0.15) is 18.1 Å². The number of hydrogen-bond donors (Lipinski definition) is 1. The summed E-state index contributed by atoms with van der Waals surface area (Å²) in [6.45, 7) is 6.63. The summed E-state index contributed by atoms with van der Waals surface area (Å²) in [6, 6.07) is 20.5. The van der Waals surface area contributed by atoms with Crippen LogP contribution < -0.4 is 14.4 Å². The summed E-state index contributed by atoms with van der Waals surface area (Å²) >= 11 is 6.21. The van der Waals surface area contributed by atoms with Crippen molar-refractivity contribution >= 4 is 33.2 Å². The predicted octanol–water partition coefficient (Wildman–Crippen LogP) is 4.29. The molecule has 1 fully saturated rings. The molecule has 3 aromatic carbocycles. The number of anilines is 1. The van der Waals surface area contributed by atoms with Gasteiger partial charge in [-0.2, -0.15) is 4.72 Å². The fraction of sp³-hybridized carbons (Fsp3) is 0.321. The highest BCUT2D eigenvalue weighted by atomic mass is 35.5. The largest absolute Gasteiger partial charge is 0.494 e. The van der Waals surface area contributed by atoms with Gasteiger partial charge in [0.25, 0.3) is 0 Å². The zero-order chi connectivity index (χ0) is 26.4. The first-order valence-corrected chi connectivity index (χ1v) is 14.2. The van der Waals surface area contributed by atoms with Crippen LogP contribution in [0.5, 0.6) is 5.75 Å². The lowest BCUT2D eigenvalue weighted by atomic mass is 10.1. The van der Waals surface area contributed by atoms with Gasteiger partial charge in [-0.3, -0.25) is 4.79 Å². The fourth-order valence-electron chi connectivity index (χ4n) is 4.48. The minimum Gasteiger partial charge on any atom is -0.494 e. The molecule has 0 bridgehead atoms. The van der Waals surface area contributed by atoms with E-state index in [2.05, 4.69) is 9.62 Å². The minimum atomic E-state index is -3.94. The third-order valence-corrected chi connectivity index (χ3v) is 8.15. The highest BCUT2D eigenvalue weighted by molar-refractivity contribution is 7.89. The van der Waals surface area contributed by atoms with Gasteiger partial charge in [-0.15, -0.1) is 0 Å². The Morgan fingerprint density at radius 3 is 2.32 bits per heavy atom. The van der Waals surface area contributed by atoms with Crippen molar-refractivity contribution in [3.63, 3.8) is 0 Å². The van der Waals surface area contributed by atoms with E-state index in [9.17, 15) is 13.2 Å². The van der Waals surface area contributed by atoms with Gasteiger partial charge in [0.15, 0.2) is 0 Å². The van der Waals surface area contributed by atoms with E-state index in [1.54, 1.807) is 17.0 Å². The molecule has 0 saturated carbocycles. The van der Waals surface area contributed by atoms with Gasteiger partial charge in [0, 0.05) is 36.9 Å². The number of amides is 1. The average molecular weight is 542 g/mol. The molecule has 0 aromatic heterocycles. The Balaban J connectivity index is 1.50. The molecule has 7 nitrogen and oxygen atoms in total. The van der Waals surface area contributed by atoms with Crippen LogP contribution in [0.3, 0.4) is 0 Å². The number of rotatable bonds is 9. The summed E-state index contributed by atoms with van der Waals surface area (Å²) in [7, 11) is -3.94. The zero-order valence-corrected chi connectivity index (χ0v) is 22.6. The van der Waals surface area contributed by atoms with Crippen molar-refractivity contribution in [3.05, 3.63) is 88.9 Å². The number of nitrogens with one attached hydrogen (secondary N) is 1. The molecule has 0 radical (unpaired) electrons. The Kier molecular flexibility index (Phi) is 8.74. The molecule has 1 aliphatic rings. The quantitative estimate of drug-likeness (QED) is 0.437. The second-order valence-electron chi connectivity index (χ2n) is 9.01. The monoisotopic (exact) mass is 541 g/mol. The van der Waals surface area contributed by atoms with Crippen molar-refractivity contribution in [1.82, 2.24) is 9.62 Å². The fourth-order valence-corrected chi connectivity index (χ4v) is 5.83. The van der Waals surface area contributed by atoms with Crippen LogP contribution in [0, 0.1) is 6.92 Å². The van der Waals surface area contributed by atoms with Gasteiger partial charge < -0.3 is 14.5 Å². The second-order valence-corrected chi connectivity index (χ2v) is 11.2. The van der Waals surface area contributed by atoms with E-state index in [0.717, 1.165) is 16.8 Å². The smallest absolute Gasteiger partial charge is 0.241 e. The lowest BCUT2D eigenvalue weighted by Crippen LogP contribution is -2.55. The van der Waals surface area contributed by atoms with Crippen LogP contribution in [0.25, 0.3) is 0 Å². The van der Waals surface area contributed by atoms with Crippen LogP contribution >= 0.6 is 11.6 Å². The van der Waals surface area contributed by atoms with E-state index in [0.29, 0.717) is 43.6 Å². The van der Waals surface area contributed by atoms with Crippen LogP contribution in [-0.2, 0) is 21.2 Å². The van der Waals surface area contributed by atoms with Crippen molar-refractivity contribution in [2.24, 2.45) is 0 Å². The number of carbonyl (C=O) groups is 1. The van der Waals surface area contributed by atoms with Gasteiger partial charge in [-0.05, 0) is 67.8 Å². The van der Waals surface area contributed by atoms with Gasteiger partial charge in [0.2, 0.25) is 15.9 Å². The zero-order valence-electron chi connectivity index (χ0n) is 21.1. The van der Waals surface area contributed by atoms with Crippen LogP contribution in [0.2, 0.25) is 5.02 Å². The summed E-state index contributed by atoms with van der Waals surface area (Å²) in [5, 5.41) is 0.672. The molecule has 1 atom stereocenters. The van der Waals surface area contributed by atoms with Crippen LogP contribution in [0.4, 0.5) is 5.69 Å². The number of nitrogens with zero attached hydrogens (tertiary/aromatic N) is 2. The third kappa shape index (κ3) is 6.83. The highest BCUT2D eigenvalue weighted by Gasteiger charge is 2.31. The summed E-state index contributed by atoms with van der Waals surface area (Å²) in [5.74, 6) is 0.354. The number of halogens is 1. The van der Waals surface area contributed by atoms with Crippen LogP contribution in [-0.4, -0.2) is 58.1 Å². The van der Waals surface area contributed by atoms with E-state index in [4.69, 9.17) is 16.3 Å². The first kappa shape index (κ1) is 27.0. The van der Waals surface area contributed by atoms with Gasteiger partial charge in [0.1, 0.15) is 11.8 Å². The third-order valence-electron chi connectivity index (χ3n) is 6.43. The molecule has 1 aliphatic heterocycles. The maximum atomic E-state index is 13.7. The molecular weight excluding hydrogens is 510 g/mol. The number of carbonyl (C=O) groups excluding carboxylic acids is 1. The minimum absolute atomic E-state index is 0.0862. The standard InChI is InChI=1S/C28H32ClN3O4S/c1-3-36-24-11-13-25(14-12-24)37(34,35)30-26(19-22-7-5-4-6-8-22)28(33)32-17-15-31(16-18-32)27-20-23(29)10-9-21(27)2/h4-14,20,26,30H,3,15-19H2,1-2H3/t26-/m1/s1. The maximum Gasteiger partial charge on any atom is 0.241 e. The molecular formula is C28H32ClN3O4S. The van der Waals surface area contributed by atoms with E-state index in [1.165, 1.54) is 12.1 Å². The molecule has 1 heterocycles. The molecule has 9 heteroatoms. The Morgan fingerprint density at radius 1 is 1.00 bits per heavy atom. The SMILES string of the molecule is CCOc1ccc(S(=O)(=O)N[C@H](Cc2ccccc2)C(=O)N2CCN(c3cc(Cl)ccc3C)CC2)cc1. The Hall–Kier alpha value is -3.07. The Bertz CT molecular complexity index is 1310. The predicted molar refractivity (Wildman–Crippen MR) is 147 cm³/mol. The summed E-state index contributed by atoms with van der Waals surface area (Å²) in [5.41, 5.74) is 3.05. The lowest BCUT2D eigenvalue weighted by molar-refractivity contribution is -0.133. The number of hydrogen-bond acceptors (Lipinski definition) is 5. The van der Waals surface area contributed by atoms with Gasteiger partial charge in [-0.1, -0.05) is 48.0 Å². The molecule has 37 heavy (non-hydrogen) atoms. The molecule has 1 amide bonds. The number of sulfonamides is 1. The van der Waals surface area contributed by atoms with E-state index >= 15 is 0 Å². The molecule has 0 aliphatic carbocycles. The molecule has 3 aromatic rings. The summed E-state index contributed by atoms with van der Waals surface area (Å²) in [4.78, 5) is 17.7. The van der Waals surface area contributed by atoms with Crippen molar-refractivity contribution in [3.8, 4) is 5.75 Å². The average Bonchev–Trinajstić information content (AvgIpc) is 2.90. The van der Waals surface area contributed by atoms with Crippen molar-refractivity contribution < 1.29 is 17.9 Å². The summed E-state index contributed by atoms with van der Waals surface area (Å²) in [6.07, 6.45) is 0.254. The van der Waals surface area contributed by atoms with Gasteiger partial charge in [-0.25, -0.2) is 8.42 Å². The molecule has 0 spiro atoms. The molecule has 0 unspecified atom stereocenters. The van der Waals surface area contributed by atoms with Gasteiger partial charge >= 0.3 is 0 Å². The van der Waals surface area contributed by atoms with Crippen molar-refractivity contribution in [2.75, 3.05) is 37.7 Å². The molecule has 1 N–H and O–H groups in total. The van der Waals surface area contributed by atoms with Gasteiger partial charge in [0.05, 0.1) is 11.5 Å². The van der Waals surface area contributed by atoms with E-state index < -0.39 is 16.1 Å². The number of piperazine rings is 1. The normalized spacial score (nSPS) is 14.9. The van der Waals surface area contributed by atoms with Crippen LogP contribution in [0.15, 0.2) is 77.7 Å². The number of benzene rings is 3. The molecule has 196 valence electrons. The topological polar surface area (TPSA) is 78.9 Å². The maximum absolute atomic E-state index is 13.7. The van der Waals surface area contributed by atoms with Crippen molar-refractivity contribution in [2.45, 2.75) is 31.2 Å². The Morgan fingerprint density at radius 2 is 1.68 bits per heavy atom. The van der Waals surface area contributed by atoms with E-state index in [1.807, 2.05) is 62.4 Å². The summed E-state index contributed by atoms with van der Waals surface area (Å²) < 4.78 is 34.6. The highest BCUT2D eigenvalue weighted by Crippen LogP contribution is 2.26. The Labute approximate surface area is 224 Å². The first-order chi connectivity index (χ1) is 17.8. The molecule has 1 saturated heterocycles. The molecule has 4 rings (SSSR count). The number of aryl methyl sites for hydroxylation is 1. The van der Waals surface area contributed by atoms with E-state index in [-0.39, 0.29) is 17.2 Å². The lowest BCUT2D eigenvalue weighted by Gasteiger charge is -2.38. The van der Waals surface area contributed by atoms with Crippen molar-refractivity contribution in [1.29, 1.82) is 0 Å². The second kappa shape index (κ2) is 12.0. The number of ether oxygens (including phenoxy) is 1. The first-order valence-electron chi connectivity index (χ1n) is 12.4.